The molecule has 1 aromatic rings. The Labute approximate surface area is 123 Å². The lowest BCUT2D eigenvalue weighted by Gasteiger charge is -2.17. The van der Waals surface area contributed by atoms with Crippen LogP contribution < -0.4 is 9.47 Å². The van der Waals surface area contributed by atoms with E-state index in [9.17, 15) is 4.79 Å². The summed E-state index contributed by atoms with van der Waals surface area (Å²) in [6.07, 6.45) is 0.768. The smallest absolute Gasteiger partial charge is 0.335 e. The number of fused-ring (bicyclic) bond motifs is 1. The molecule has 2 unspecified atom stereocenters. The van der Waals surface area contributed by atoms with Gasteiger partial charge >= 0.3 is 5.97 Å². The van der Waals surface area contributed by atoms with Gasteiger partial charge in [-0.05, 0) is 35.0 Å². The van der Waals surface area contributed by atoms with Crippen LogP contribution in [0.3, 0.4) is 0 Å². The van der Waals surface area contributed by atoms with Crippen LogP contribution in [0.5, 0.6) is 11.5 Å². The van der Waals surface area contributed by atoms with Gasteiger partial charge in [0.25, 0.3) is 0 Å². The van der Waals surface area contributed by atoms with Gasteiger partial charge < -0.3 is 18.9 Å². The van der Waals surface area contributed by atoms with Gasteiger partial charge in [0.2, 0.25) is 6.79 Å². The van der Waals surface area contributed by atoms with Crippen molar-refractivity contribution in [2.45, 2.75) is 19.1 Å². The largest absolute Gasteiger partial charge is 0.473 e. The number of rotatable bonds is 3. The van der Waals surface area contributed by atoms with Gasteiger partial charge in [0.15, 0.2) is 30.0 Å². The summed E-state index contributed by atoms with van der Waals surface area (Å²) in [6.45, 7) is 2.24. The van der Waals surface area contributed by atoms with Crippen LogP contribution in [-0.4, -0.2) is 31.8 Å². The van der Waals surface area contributed by atoms with E-state index < -0.39 is 18.1 Å². The number of aliphatic imine (C=N–C) groups is 1. The molecule has 2 aliphatic rings. The maximum absolute atomic E-state index is 11.9. The van der Waals surface area contributed by atoms with E-state index >= 15 is 0 Å². The zero-order valence-corrected chi connectivity index (χ0v) is 12.3. The summed E-state index contributed by atoms with van der Waals surface area (Å²) >= 11 is 3.42. The molecular formula is C13H12BrNO5. The minimum absolute atomic E-state index is 0.181. The quantitative estimate of drug-likeness (QED) is 0.788. The predicted molar refractivity (Wildman–Crippen MR) is 73.0 cm³/mol. The van der Waals surface area contributed by atoms with Crippen LogP contribution in [0.2, 0.25) is 0 Å². The summed E-state index contributed by atoms with van der Waals surface area (Å²) in [7, 11) is 0. The third-order valence-electron chi connectivity index (χ3n) is 3.02. The molecule has 0 aromatic heterocycles. The molecule has 0 saturated carbocycles. The van der Waals surface area contributed by atoms with Crippen LogP contribution in [0.1, 0.15) is 18.6 Å². The van der Waals surface area contributed by atoms with Crippen LogP contribution in [-0.2, 0) is 14.3 Å². The zero-order valence-electron chi connectivity index (χ0n) is 10.7. The number of benzene rings is 1. The van der Waals surface area contributed by atoms with Crippen molar-refractivity contribution in [3.63, 3.8) is 0 Å². The Balaban J connectivity index is 1.89. The maximum Gasteiger partial charge on any atom is 0.335 e. The highest BCUT2D eigenvalue weighted by Gasteiger charge is 2.36. The molecule has 2 aliphatic heterocycles. The van der Waals surface area contributed by atoms with Crippen molar-refractivity contribution in [1.29, 1.82) is 0 Å². The Bertz CT molecular complexity index is 574. The fourth-order valence-electron chi connectivity index (χ4n) is 2.14. The van der Waals surface area contributed by atoms with E-state index in [-0.39, 0.29) is 6.79 Å². The highest BCUT2D eigenvalue weighted by Crippen LogP contribution is 2.42. The van der Waals surface area contributed by atoms with E-state index in [1.807, 2.05) is 6.07 Å². The first kappa shape index (κ1) is 13.2. The molecular weight excluding hydrogens is 330 g/mol. The summed E-state index contributed by atoms with van der Waals surface area (Å²) in [5, 5.41) is 0. The SMILES string of the molecule is CCOC(=O)C1N=COC1c1cc(Br)c2c(c1)OCO2. The van der Waals surface area contributed by atoms with Gasteiger partial charge in [0.1, 0.15) is 0 Å². The fraction of sp³-hybridized carbons (Fsp3) is 0.385. The number of carbonyl (C=O) groups excluding carboxylic acids is 1. The number of hydrogen-bond donors (Lipinski definition) is 0. The van der Waals surface area contributed by atoms with Crippen molar-refractivity contribution in [1.82, 2.24) is 0 Å². The van der Waals surface area contributed by atoms with Crippen molar-refractivity contribution in [2.24, 2.45) is 4.99 Å². The number of nitrogens with zero attached hydrogens (tertiary/aromatic N) is 1. The first-order valence-corrected chi connectivity index (χ1v) is 6.92. The van der Waals surface area contributed by atoms with Gasteiger partial charge in [-0.3, -0.25) is 0 Å². The molecule has 3 rings (SSSR count). The lowest BCUT2D eigenvalue weighted by molar-refractivity contribution is -0.146. The van der Waals surface area contributed by atoms with Crippen LogP contribution >= 0.6 is 15.9 Å². The Morgan fingerprint density at radius 1 is 1.50 bits per heavy atom. The van der Waals surface area contributed by atoms with Crippen molar-refractivity contribution in [3.8, 4) is 11.5 Å². The number of esters is 1. The highest BCUT2D eigenvalue weighted by molar-refractivity contribution is 9.10. The molecule has 106 valence electrons. The monoisotopic (exact) mass is 341 g/mol. The second-order valence-corrected chi connectivity index (χ2v) is 5.10. The van der Waals surface area contributed by atoms with Gasteiger partial charge in [0.05, 0.1) is 11.1 Å². The van der Waals surface area contributed by atoms with E-state index in [1.54, 1.807) is 13.0 Å². The van der Waals surface area contributed by atoms with Crippen LogP contribution in [0, 0.1) is 0 Å². The van der Waals surface area contributed by atoms with Gasteiger partial charge in [0, 0.05) is 5.56 Å². The number of halogens is 1. The normalized spacial score (nSPS) is 22.7. The minimum Gasteiger partial charge on any atom is -0.473 e. The van der Waals surface area contributed by atoms with E-state index in [2.05, 4.69) is 20.9 Å². The van der Waals surface area contributed by atoms with E-state index in [4.69, 9.17) is 18.9 Å². The molecule has 20 heavy (non-hydrogen) atoms. The number of ether oxygens (including phenoxy) is 4. The predicted octanol–water partition coefficient (Wildman–Crippen LogP) is 2.21. The second-order valence-electron chi connectivity index (χ2n) is 4.24. The second kappa shape index (κ2) is 5.32. The molecule has 0 spiro atoms. The summed E-state index contributed by atoms with van der Waals surface area (Å²) < 4.78 is 21.9. The molecule has 1 aromatic carbocycles. The standard InChI is InChI=1S/C13H12BrNO5/c1-2-17-13(16)10-11(18-5-15-10)7-3-8(14)12-9(4-7)19-6-20-12/h3-5,10-11H,2,6H2,1H3. The Morgan fingerprint density at radius 3 is 3.15 bits per heavy atom. The van der Waals surface area contributed by atoms with Gasteiger partial charge in [-0.15, -0.1) is 0 Å². The summed E-state index contributed by atoms with van der Waals surface area (Å²) in [5.41, 5.74) is 0.775. The van der Waals surface area contributed by atoms with Crippen molar-refractivity contribution < 1.29 is 23.7 Å². The number of hydrogen-bond acceptors (Lipinski definition) is 6. The molecule has 7 heteroatoms. The lowest BCUT2D eigenvalue weighted by Crippen LogP contribution is -2.26. The van der Waals surface area contributed by atoms with Crippen LogP contribution in [0.4, 0.5) is 0 Å². The Morgan fingerprint density at radius 2 is 2.35 bits per heavy atom. The maximum atomic E-state index is 11.9. The lowest BCUT2D eigenvalue weighted by atomic mass is 10.0. The van der Waals surface area contributed by atoms with E-state index in [0.717, 1.165) is 10.0 Å². The fourth-order valence-corrected chi connectivity index (χ4v) is 2.72. The zero-order chi connectivity index (χ0) is 14.1. The van der Waals surface area contributed by atoms with Crippen LogP contribution in [0.15, 0.2) is 21.6 Å². The third kappa shape index (κ3) is 2.22. The molecule has 0 amide bonds. The molecule has 0 fully saturated rings. The van der Waals surface area contributed by atoms with Gasteiger partial charge in [-0.25, -0.2) is 9.79 Å². The van der Waals surface area contributed by atoms with Gasteiger partial charge in [-0.2, -0.15) is 0 Å². The summed E-state index contributed by atoms with van der Waals surface area (Å²) in [6, 6.07) is 2.93. The minimum atomic E-state index is -0.692. The molecule has 0 aliphatic carbocycles. The summed E-state index contributed by atoms with van der Waals surface area (Å²) in [4.78, 5) is 15.9. The Hall–Kier alpha value is -1.76. The average molecular weight is 342 g/mol. The van der Waals surface area contributed by atoms with E-state index in [0.29, 0.717) is 18.1 Å². The van der Waals surface area contributed by atoms with Crippen molar-refractivity contribution in [2.75, 3.05) is 13.4 Å². The Kier molecular flexibility index (Phi) is 3.52. The van der Waals surface area contributed by atoms with Gasteiger partial charge in [-0.1, -0.05) is 0 Å². The number of carbonyl (C=O) groups is 1. The summed E-state index contributed by atoms with van der Waals surface area (Å²) in [5.74, 6) is 0.868. The van der Waals surface area contributed by atoms with Crippen LogP contribution in [0.25, 0.3) is 0 Å². The molecule has 0 N–H and O–H groups in total. The first-order valence-electron chi connectivity index (χ1n) is 6.13. The molecule has 2 heterocycles. The molecule has 6 nitrogen and oxygen atoms in total. The van der Waals surface area contributed by atoms with E-state index in [1.165, 1.54) is 6.40 Å². The van der Waals surface area contributed by atoms with Crippen molar-refractivity contribution >= 4 is 28.3 Å². The average Bonchev–Trinajstić information content (AvgIpc) is 3.07. The molecule has 0 radical (unpaired) electrons. The molecule has 0 bridgehead atoms. The first-order chi connectivity index (χ1) is 9.70. The topological polar surface area (TPSA) is 66.4 Å². The highest BCUT2D eigenvalue weighted by atomic mass is 79.9. The molecule has 0 saturated heterocycles. The molecule has 2 atom stereocenters. The van der Waals surface area contributed by atoms with Crippen molar-refractivity contribution in [3.05, 3.63) is 22.2 Å². The third-order valence-corrected chi connectivity index (χ3v) is 3.61.